The average Bonchev–Trinajstić information content (AvgIpc) is 2.57. The molecule has 0 bridgehead atoms. The first-order valence-corrected chi connectivity index (χ1v) is 9.75. The second-order valence-corrected chi connectivity index (χ2v) is 7.26. The molecule has 0 heterocycles. The van der Waals surface area contributed by atoms with Crippen molar-refractivity contribution in [3.05, 3.63) is 0 Å². The van der Waals surface area contributed by atoms with E-state index in [4.69, 9.17) is 14.2 Å². The van der Waals surface area contributed by atoms with Crippen LogP contribution in [-0.4, -0.2) is 37.0 Å². The van der Waals surface area contributed by atoms with Crippen LogP contribution in [0.2, 0.25) is 0 Å². The van der Waals surface area contributed by atoms with Gasteiger partial charge in [0, 0.05) is 0 Å². The Labute approximate surface area is 149 Å². The maximum Gasteiger partial charge on any atom is 0.338 e. The summed E-state index contributed by atoms with van der Waals surface area (Å²) < 4.78 is 17.1. The van der Waals surface area contributed by atoms with E-state index in [2.05, 4.69) is 20.8 Å². The molecular formula is C20H40O4. The van der Waals surface area contributed by atoms with Crippen molar-refractivity contribution in [1.29, 1.82) is 0 Å². The summed E-state index contributed by atoms with van der Waals surface area (Å²) in [5.41, 5.74) is -0.866. The van der Waals surface area contributed by atoms with Gasteiger partial charge in [0.2, 0.25) is 0 Å². The molecule has 0 aliphatic heterocycles. The van der Waals surface area contributed by atoms with Crippen molar-refractivity contribution in [2.75, 3.05) is 13.2 Å². The number of carbonyl (C=O) groups is 1. The van der Waals surface area contributed by atoms with Crippen molar-refractivity contribution >= 4 is 5.97 Å². The van der Waals surface area contributed by atoms with Gasteiger partial charge in [0.05, 0.1) is 18.8 Å². The summed E-state index contributed by atoms with van der Waals surface area (Å²) in [6, 6.07) is 0. The molecule has 0 aromatic carbocycles. The molecule has 4 nitrogen and oxygen atoms in total. The number of esters is 1. The molecule has 4 atom stereocenters. The molecule has 0 aliphatic carbocycles. The van der Waals surface area contributed by atoms with Crippen molar-refractivity contribution in [3.63, 3.8) is 0 Å². The Morgan fingerprint density at radius 1 is 1.00 bits per heavy atom. The monoisotopic (exact) mass is 344 g/mol. The summed E-state index contributed by atoms with van der Waals surface area (Å²) in [6.07, 6.45) is 6.48. The molecule has 0 saturated carbocycles. The zero-order valence-electron chi connectivity index (χ0n) is 17.0. The van der Waals surface area contributed by atoms with Gasteiger partial charge in [-0.1, -0.05) is 47.0 Å². The van der Waals surface area contributed by atoms with E-state index in [0.717, 1.165) is 12.8 Å². The van der Waals surface area contributed by atoms with Gasteiger partial charge in [-0.05, 0) is 46.0 Å². The van der Waals surface area contributed by atoms with Gasteiger partial charge < -0.3 is 14.2 Å². The Morgan fingerprint density at radius 2 is 1.67 bits per heavy atom. The standard InChI is InChI=1S/C20H40O4/c1-8-11-12-13-16(4)14-23-20(7,10-3)19(21)22-15-18(6)24-17(5)9-2/h16-18H,8-15H2,1-7H3. The molecule has 0 spiro atoms. The topological polar surface area (TPSA) is 44.8 Å². The van der Waals surface area contributed by atoms with Crippen LogP contribution in [-0.2, 0) is 19.0 Å². The van der Waals surface area contributed by atoms with E-state index in [-0.39, 0.29) is 24.8 Å². The molecule has 24 heavy (non-hydrogen) atoms. The number of carbonyl (C=O) groups excluding carboxylic acids is 1. The molecule has 0 aliphatic rings. The number of hydrogen-bond donors (Lipinski definition) is 0. The van der Waals surface area contributed by atoms with E-state index in [9.17, 15) is 4.79 Å². The van der Waals surface area contributed by atoms with Gasteiger partial charge in [0.1, 0.15) is 6.61 Å². The molecule has 0 rings (SSSR count). The fraction of sp³-hybridized carbons (Fsp3) is 0.950. The lowest BCUT2D eigenvalue weighted by atomic mass is 10.0. The molecular weight excluding hydrogens is 304 g/mol. The van der Waals surface area contributed by atoms with Gasteiger partial charge in [0.25, 0.3) is 0 Å². The second-order valence-electron chi connectivity index (χ2n) is 7.26. The van der Waals surface area contributed by atoms with Crippen LogP contribution in [0.3, 0.4) is 0 Å². The van der Waals surface area contributed by atoms with Gasteiger partial charge >= 0.3 is 5.97 Å². The molecule has 4 heteroatoms. The molecule has 0 amide bonds. The fourth-order valence-corrected chi connectivity index (χ4v) is 2.34. The zero-order valence-corrected chi connectivity index (χ0v) is 17.0. The third kappa shape index (κ3) is 9.63. The molecule has 4 unspecified atom stereocenters. The Morgan fingerprint density at radius 3 is 2.21 bits per heavy atom. The third-order valence-electron chi connectivity index (χ3n) is 4.58. The maximum absolute atomic E-state index is 12.4. The Kier molecular flexibility index (Phi) is 12.4. The van der Waals surface area contributed by atoms with E-state index >= 15 is 0 Å². The lowest BCUT2D eigenvalue weighted by molar-refractivity contribution is -0.177. The van der Waals surface area contributed by atoms with E-state index in [1.807, 2.05) is 27.7 Å². The highest BCUT2D eigenvalue weighted by Crippen LogP contribution is 2.21. The Hall–Kier alpha value is -0.610. The van der Waals surface area contributed by atoms with E-state index in [0.29, 0.717) is 18.9 Å². The smallest absolute Gasteiger partial charge is 0.338 e. The fourth-order valence-electron chi connectivity index (χ4n) is 2.34. The normalized spacial score (nSPS) is 17.8. The van der Waals surface area contributed by atoms with Gasteiger partial charge in [-0.3, -0.25) is 0 Å². The van der Waals surface area contributed by atoms with Crippen molar-refractivity contribution in [2.45, 2.75) is 105 Å². The van der Waals surface area contributed by atoms with Crippen LogP contribution in [0.15, 0.2) is 0 Å². The summed E-state index contributed by atoms with van der Waals surface area (Å²) in [7, 11) is 0. The van der Waals surface area contributed by atoms with Crippen LogP contribution in [0.5, 0.6) is 0 Å². The SMILES string of the molecule is CCCCCC(C)COC(C)(CC)C(=O)OCC(C)OC(C)CC. The van der Waals surface area contributed by atoms with Crippen molar-refractivity contribution < 1.29 is 19.0 Å². The highest BCUT2D eigenvalue weighted by Gasteiger charge is 2.35. The Bertz CT molecular complexity index is 332. The predicted molar refractivity (Wildman–Crippen MR) is 99.2 cm³/mol. The summed E-state index contributed by atoms with van der Waals surface area (Å²) in [6.45, 7) is 15.1. The summed E-state index contributed by atoms with van der Waals surface area (Å²) in [5.74, 6) is 0.174. The van der Waals surface area contributed by atoms with E-state index in [1.54, 1.807) is 0 Å². The van der Waals surface area contributed by atoms with Crippen molar-refractivity contribution in [2.24, 2.45) is 5.92 Å². The minimum atomic E-state index is -0.866. The van der Waals surface area contributed by atoms with E-state index < -0.39 is 5.60 Å². The van der Waals surface area contributed by atoms with Crippen LogP contribution in [0.1, 0.15) is 87.0 Å². The first-order chi connectivity index (χ1) is 11.3. The second kappa shape index (κ2) is 12.7. The quantitative estimate of drug-likeness (QED) is 0.323. The zero-order chi connectivity index (χ0) is 18.6. The van der Waals surface area contributed by atoms with Gasteiger partial charge in [-0.2, -0.15) is 0 Å². The molecule has 0 saturated heterocycles. The minimum absolute atomic E-state index is 0.0991. The molecule has 0 aromatic heterocycles. The average molecular weight is 345 g/mol. The Balaban J connectivity index is 4.28. The third-order valence-corrected chi connectivity index (χ3v) is 4.58. The van der Waals surface area contributed by atoms with Crippen LogP contribution < -0.4 is 0 Å². The highest BCUT2D eigenvalue weighted by molar-refractivity contribution is 5.79. The number of hydrogen-bond acceptors (Lipinski definition) is 4. The minimum Gasteiger partial charge on any atom is -0.461 e. The lowest BCUT2D eigenvalue weighted by Crippen LogP contribution is -2.41. The van der Waals surface area contributed by atoms with Gasteiger partial charge in [-0.25, -0.2) is 4.79 Å². The van der Waals surface area contributed by atoms with Crippen molar-refractivity contribution in [1.82, 2.24) is 0 Å². The van der Waals surface area contributed by atoms with Crippen molar-refractivity contribution in [3.8, 4) is 0 Å². The summed E-state index contributed by atoms with van der Waals surface area (Å²) in [5, 5.41) is 0. The predicted octanol–water partition coefficient (Wildman–Crippen LogP) is 5.13. The van der Waals surface area contributed by atoms with Crippen LogP contribution in [0, 0.1) is 5.92 Å². The number of unbranched alkanes of at least 4 members (excludes halogenated alkanes) is 2. The molecule has 144 valence electrons. The van der Waals surface area contributed by atoms with Gasteiger partial charge in [0.15, 0.2) is 5.60 Å². The van der Waals surface area contributed by atoms with Crippen LogP contribution >= 0.6 is 0 Å². The molecule has 0 N–H and O–H groups in total. The number of rotatable bonds is 14. The summed E-state index contributed by atoms with van der Waals surface area (Å²) in [4.78, 5) is 12.4. The molecule has 0 fully saturated rings. The van der Waals surface area contributed by atoms with Gasteiger partial charge in [-0.15, -0.1) is 0 Å². The molecule has 0 radical (unpaired) electrons. The van der Waals surface area contributed by atoms with Crippen LogP contribution in [0.4, 0.5) is 0 Å². The van der Waals surface area contributed by atoms with E-state index in [1.165, 1.54) is 19.3 Å². The highest BCUT2D eigenvalue weighted by atomic mass is 16.6. The summed E-state index contributed by atoms with van der Waals surface area (Å²) >= 11 is 0. The lowest BCUT2D eigenvalue weighted by Gasteiger charge is -2.29. The number of ether oxygens (including phenoxy) is 3. The van der Waals surface area contributed by atoms with Crippen LogP contribution in [0.25, 0.3) is 0 Å². The largest absolute Gasteiger partial charge is 0.461 e. The maximum atomic E-state index is 12.4. The molecule has 0 aromatic rings. The first-order valence-electron chi connectivity index (χ1n) is 9.75. The first kappa shape index (κ1) is 23.4.